The van der Waals surface area contributed by atoms with Gasteiger partial charge in [-0.2, -0.15) is 0 Å². The molecule has 84 heavy (non-hydrogen) atoms. The Morgan fingerprint density at radius 1 is 0.333 bits per heavy atom. The first-order valence-electron chi connectivity index (χ1n) is 38.2. The zero-order valence-corrected chi connectivity index (χ0v) is 56.9. The van der Waals surface area contributed by atoms with Gasteiger partial charge in [-0.15, -0.1) is 0 Å². The summed E-state index contributed by atoms with van der Waals surface area (Å²) in [6.07, 6.45) is 95.1. The van der Waals surface area contributed by atoms with Gasteiger partial charge in [-0.1, -0.05) is 365 Å². The van der Waals surface area contributed by atoms with Gasteiger partial charge in [-0.25, -0.2) is 0 Å². The summed E-state index contributed by atoms with van der Waals surface area (Å²) in [5.74, 6) is -0.0154. The van der Waals surface area contributed by atoms with Crippen LogP contribution >= 0.6 is 0 Å². The number of nitrogens with one attached hydrogen (secondary N) is 1. The number of unbranched alkanes of at least 4 members (excludes halogenated alkanes) is 55. The summed E-state index contributed by atoms with van der Waals surface area (Å²) in [4.78, 5) is 24.6. The molecule has 0 fully saturated rings. The predicted molar refractivity (Wildman–Crippen MR) is 370 cm³/mol. The molecule has 0 aromatic rings. The molecule has 6 heteroatoms. The van der Waals surface area contributed by atoms with E-state index in [0.29, 0.717) is 25.9 Å². The number of rotatable bonds is 72. The van der Waals surface area contributed by atoms with Crippen molar-refractivity contribution in [3.8, 4) is 0 Å². The Bertz CT molecular complexity index is 1360. The average Bonchev–Trinajstić information content (AvgIpc) is 3.53. The number of amides is 1. The first-order valence-corrected chi connectivity index (χ1v) is 38.2. The third-order valence-corrected chi connectivity index (χ3v) is 17.9. The number of hydrogen-bond donors (Lipinski definition) is 3. The van der Waals surface area contributed by atoms with Crippen molar-refractivity contribution in [3.63, 3.8) is 0 Å². The van der Waals surface area contributed by atoms with Crippen molar-refractivity contribution in [2.75, 3.05) is 13.2 Å². The zero-order chi connectivity index (χ0) is 60.6. The SMILES string of the molecule is CCCCC/C=C\C/C=C\CCCCCCCCCC(=O)OCCCCCCCCCCCCCCCC/C=C\CCCCCCCCCCCCCCCCCCCC(=O)NC(CO)C(O)CCCCCCCCCCCCCCCCC. The van der Waals surface area contributed by atoms with Crippen molar-refractivity contribution >= 4 is 11.9 Å². The first kappa shape index (κ1) is 82.1. The number of allylic oxidation sites excluding steroid dienone is 6. The molecule has 496 valence electrons. The standard InChI is InChI=1S/C78H149NO5/c1-3-5-7-9-11-13-15-17-19-39-44-48-52-56-60-64-68-72-78(83)84-73-69-65-61-57-53-49-45-41-38-36-34-32-30-28-26-24-22-20-21-23-25-27-29-31-33-35-37-40-43-47-51-55-59-63-67-71-77(82)79-75(74-80)76(81)70-66-62-58-54-50-46-42-18-16-14-12-10-8-6-4-2/h11,13,17,19,22,24,75-76,80-81H,3-10,12,14-16,18,20-21,23,25-74H2,1-2H3,(H,79,82)/b13-11-,19-17-,24-22-. The number of carbonyl (C=O) groups excluding carboxylic acids is 2. The highest BCUT2D eigenvalue weighted by molar-refractivity contribution is 5.76. The van der Waals surface area contributed by atoms with Gasteiger partial charge in [0.15, 0.2) is 0 Å². The van der Waals surface area contributed by atoms with Gasteiger partial charge in [0, 0.05) is 12.8 Å². The molecule has 0 bridgehead atoms. The molecular formula is C78H149NO5. The van der Waals surface area contributed by atoms with E-state index in [2.05, 4.69) is 55.6 Å². The molecule has 0 saturated heterocycles. The van der Waals surface area contributed by atoms with E-state index >= 15 is 0 Å². The van der Waals surface area contributed by atoms with E-state index in [0.717, 1.165) is 51.4 Å². The van der Waals surface area contributed by atoms with E-state index in [1.807, 2.05) is 0 Å². The molecule has 0 aliphatic carbocycles. The van der Waals surface area contributed by atoms with E-state index in [1.54, 1.807) is 0 Å². The highest BCUT2D eigenvalue weighted by Crippen LogP contribution is 2.19. The summed E-state index contributed by atoms with van der Waals surface area (Å²) >= 11 is 0. The quantitative estimate of drug-likeness (QED) is 0.0320. The van der Waals surface area contributed by atoms with Crippen molar-refractivity contribution in [1.82, 2.24) is 5.32 Å². The van der Waals surface area contributed by atoms with Crippen LogP contribution in [0.25, 0.3) is 0 Å². The fourth-order valence-electron chi connectivity index (χ4n) is 12.1. The average molecular weight is 1180 g/mol. The summed E-state index contributed by atoms with van der Waals surface area (Å²) in [7, 11) is 0. The number of ether oxygens (including phenoxy) is 1. The fraction of sp³-hybridized carbons (Fsp3) is 0.897. The summed E-state index contributed by atoms with van der Waals surface area (Å²) in [5, 5.41) is 23.4. The van der Waals surface area contributed by atoms with Crippen molar-refractivity contribution in [2.45, 2.75) is 437 Å². The smallest absolute Gasteiger partial charge is 0.305 e. The molecular weight excluding hydrogens is 1030 g/mol. The number of aliphatic hydroxyl groups is 2. The van der Waals surface area contributed by atoms with E-state index < -0.39 is 12.1 Å². The minimum Gasteiger partial charge on any atom is -0.466 e. The van der Waals surface area contributed by atoms with E-state index in [-0.39, 0.29) is 18.5 Å². The summed E-state index contributed by atoms with van der Waals surface area (Å²) in [5.41, 5.74) is 0. The molecule has 0 rings (SSSR count). The van der Waals surface area contributed by atoms with Gasteiger partial charge in [0.05, 0.1) is 25.4 Å². The lowest BCUT2D eigenvalue weighted by molar-refractivity contribution is -0.143. The maximum absolute atomic E-state index is 12.5. The highest BCUT2D eigenvalue weighted by Gasteiger charge is 2.20. The molecule has 6 nitrogen and oxygen atoms in total. The molecule has 1 amide bonds. The Balaban J connectivity index is 3.33. The molecule has 0 saturated carbocycles. The van der Waals surface area contributed by atoms with Crippen LogP contribution in [-0.4, -0.2) is 47.4 Å². The maximum Gasteiger partial charge on any atom is 0.305 e. The van der Waals surface area contributed by atoms with Crippen molar-refractivity contribution < 1.29 is 24.5 Å². The molecule has 0 aromatic carbocycles. The van der Waals surface area contributed by atoms with Crippen LogP contribution in [0.3, 0.4) is 0 Å². The van der Waals surface area contributed by atoms with Crippen molar-refractivity contribution in [2.24, 2.45) is 0 Å². The van der Waals surface area contributed by atoms with Crippen LogP contribution in [0.1, 0.15) is 425 Å². The van der Waals surface area contributed by atoms with Crippen LogP contribution in [0.2, 0.25) is 0 Å². The Morgan fingerprint density at radius 3 is 0.940 bits per heavy atom. The van der Waals surface area contributed by atoms with E-state index in [4.69, 9.17) is 4.74 Å². The molecule has 0 aromatic heterocycles. The number of hydrogen-bond acceptors (Lipinski definition) is 5. The zero-order valence-electron chi connectivity index (χ0n) is 56.9. The van der Waals surface area contributed by atoms with Gasteiger partial charge in [-0.05, 0) is 83.5 Å². The first-order chi connectivity index (χ1) is 41.5. The molecule has 0 aliphatic rings. The van der Waals surface area contributed by atoms with Gasteiger partial charge in [0.25, 0.3) is 0 Å². The predicted octanol–water partition coefficient (Wildman–Crippen LogP) is 25.0. The minimum atomic E-state index is -0.662. The number of carbonyl (C=O) groups is 2. The Labute approximate surface area is 525 Å². The second kappa shape index (κ2) is 73.5. The van der Waals surface area contributed by atoms with Gasteiger partial charge >= 0.3 is 5.97 Å². The second-order valence-corrected chi connectivity index (χ2v) is 26.3. The van der Waals surface area contributed by atoms with Gasteiger partial charge in [0.2, 0.25) is 5.91 Å². The van der Waals surface area contributed by atoms with Crippen molar-refractivity contribution in [1.29, 1.82) is 0 Å². The van der Waals surface area contributed by atoms with Gasteiger partial charge in [0.1, 0.15) is 0 Å². The molecule has 3 N–H and O–H groups in total. The van der Waals surface area contributed by atoms with Crippen LogP contribution in [-0.2, 0) is 14.3 Å². The van der Waals surface area contributed by atoms with Crippen molar-refractivity contribution in [3.05, 3.63) is 36.5 Å². The topological polar surface area (TPSA) is 95.9 Å². The third kappa shape index (κ3) is 69.2. The number of aliphatic hydroxyl groups excluding tert-OH is 2. The largest absolute Gasteiger partial charge is 0.466 e. The molecule has 0 spiro atoms. The number of esters is 1. The van der Waals surface area contributed by atoms with E-state index in [1.165, 1.54) is 340 Å². The molecule has 2 atom stereocenters. The minimum absolute atomic E-state index is 0.0130. The molecule has 0 heterocycles. The Morgan fingerprint density at radius 2 is 0.595 bits per heavy atom. The molecule has 2 unspecified atom stereocenters. The van der Waals surface area contributed by atoms with E-state index in [9.17, 15) is 19.8 Å². The Hall–Kier alpha value is -1.92. The van der Waals surface area contributed by atoms with Crippen LogP contribution in [0.4, 0.5) is 0 Å². The lowest BCUT2D eigenvalue weighted by Crippen LogP contribution is -2.45. The van der Waals surface area contributed by atoms with Crippen LogP contribution in [0.5, 0.6) is 0 Å². The van der Waals surface area contributed by atoms with Gasteiger partial charge < -0.3 is 20.3 Å². The molecule has 0 aliphatic heterocycles. The van der Waals surface area contributed by atoms with Crippen LogP contribution < -0.4 is 5.32 Å². The van der Waals surface area contributed by atoms with Gasteiger partial charge in [-0.3, -0.25) is 9.59 Å². The lowest BCUT2D eigenvalue weighted by Gasteiger charge is -2.22. The lowest BCUT2D eigenvalue weighted by atomic mass is 10.0. The second-order valence-electron chi connectivity index (χ2n) is 26.3. The third-order valence-electron chi connectivity index (χ3n) is 17.9. The highest BCUT2D eigenvalue weighted by atomic mass is 16.5. The fourth-order valence-corrected chi connectivity index (χ4v) is 12.1. The summed E-state index contributed by atoms with van der Waals surface area (Å²) in [6, 6.07) is -0.538. The van der Waals surface area contributed by atoms with Crippen LogP contribution in [0, 0.1) is 0 Å². The molecule has 0 radical (unpaired) electrons. The summed E-state index contributed by atoms with van der Waals surface area (Å²) < 4.78 is 5.50. The van der Waals surface area contributed by atoms with Crippen LogP contribution in [0.15, 0.2) is 36.5 Å². The summed E-state index contributed by atoms with van der Waals surface area (Å²) in [6.45, 7) is 4.96. The normalized spacial score (nSPS) is 12.7. The maximum atomic E-state index is 12.5. The Kier molecular flexibility index (Phi) is 71.9. The monoisotopic (exact) mass is 1180 g/mol.